The van der Waals surface area contributed by atoms with Crippen molar-refractivity contribution in [2.75, 3.05) is 25.0 Å². The van der Waals surface area contributed by atoms with Gasteiger partial charge in [-0.15, -0.1) is 12.4 Å². The Morgan fingerprint density at radius 2 is 2.04 bits per heavy atom. The molecule has 23 heavy (non-hydrogen) atoms. The number of amides is 2. The van der Waals surface area contributed by atoms with E-state index in [-0.39, 0.29) is 36.2 Å². The highest BCUT2D eigenvalue weighted by atomic mass is 35.5. The fourth-order valence-corrected chi connectivity index (χ4v) is 2.96. The minimum absolute atomic E-state index is 0. The smallest absolute Gasteiger partial charge is 0.254 e. The van der Waals surface area contributed by atoms with E-state index in [0.717, 1.165) is 26.1 Å². The molecule has 1 aliphatic carbocycles. The lowest BCUT2D eigenvalue weighted by Gasteiger charge is -2.34. The van der Waals surface area contributed by atoms with Gasteiger partial charge >= 0.3 is 0 Å². The Bertz CT molecular complexity index is 593. The van der Waals surface area contributed by atoms with Crippen molar-refractivity contribution in [2.24, 2.45) is 11.8 Å². The first kappa shape index (κ1) is 17.8. The van der Waals surface area contributed by atoms with Gasteiger partial charge in [0.15, 0.2) is 0 Å². The number of nitrogens with one attached hydrogen (secondary N) is 2. The molecule has 1 heterocycles. The molecule has 1 aromatic carbocycles. The van der Waals surface area contributed by atoms with Crippen LogP contribution in [0.2, 0.25) is 0 Å². The number of anilines is 1. The van der Waals surface area contributed by atoms with Crippen LogP contribution in [0.4, 0.5) is 5.69 Å². The maximum atomic E-state index is 12.6. The number of hydrogen-bond donors (Lipinski definition) is 2. The predicted octanol–water partition coefficient (Wildman–Crippen LogP) is 2.14. The molecule has 0 bridgehead atoms. The van der Waals surface area contributed by atoms with Crippen molar-refractivity contribution in [3.05, 3.63) is 29.8 Å². The minimum Gasteiger partial charge on any atom is -0.333 e. The van der Waals surface area contributed by atoms with E-state index in [1.165, 1.54) is 0 Å². The molecule has 2 amide bonds. The normalized spacial score (nSPS) is 26.2. The second-order valence-electron chi connectivity index (χ2n) is 6.44. The number of halogens is 1. The SMILES string of the molecule is CC1CC1C(=O)Nc1cccc(C(=O)N2CCNC[C@H]2C)c1.Cl. The largest absolute Gasteiger partial charge is 0.333 e. The van der Waals surface area contributed by atoms with Crippen molar-refractivity contribution in [3.63, 3.8) is 0 Å². The molecular weight excluding hydrogens is 314 g/mol. The molecule has 3 atom stereocenters. The maximum absolute atomic E-state index is 12.6. The Morgan fingerprint density at radius 1 is 1.30 bits per heavy atom. The zero-order valence-corrected chi connectivity index (χ0v) is 14.4. The Balaban J connectivity index is 0.00000192. The number of hydrogen-bond acceptors (Lipinski definition) is 3. The monoisotopic (exact) mass is 337 g/mol. The molecule has 3 rings (SSSR count). The van der Waals surface area contributed by atoms with E-state index in [1.54, 1.807) is 6.07 Å². The zero-order valence-electron chi connectivity index (χ0n) is 13.5. The number of rotatable bonds is 3. The molecule has 2 aliphatic rings. The number of piperazine rings is 1. The van der Waals surface area contributed by atoms with Gasteiger partial charge in [0, 0.05) is 42.8 Å². The molecule has 1 aliphatic heterocycles. The van der Waals surface area contributed by atoms with Crippen LogP contribution in [0.25, 0.3) is 0 Å². The third-order valence-corrected chi connectivity index (χ3v) is 4.59. The van der Waals surface area contributed by atoms with Crippen molar-refractivity contribution < 1.29 is 9.59 Å². The van der Waals surface area contributed by atoms with Gasteiger partial charge in [-0.1, -0.05) is 13.0 Å². The highest BCUT2D eigenvalue weighted by Gasteiger charge is 2.39. The van der Waals surface area contributed by atoms with Crippen LogP contribution in [0.5, 0.6) is 0 Å². The summed E-state index contributed by atoms with van der Waals surface area (Å²) in [6, 6.07) is 7.44. The minimum atomic E-state index is 0. The molecule has 2 unspecified atom stereocenters. The predicted molar refractivity (Wildman–Crippen MR) is 93.0 cm³/mol. The van der Waals surface area contributed by atoms with Gasteiger partial charge < -0.3 is 15.5 Å². The second-order valence-corrected chi connectivity index (χ2v) is 6.44. The molecule has 2 fully saturated rings. The maximum Gasteiger partial charge on any atom is 0.254 e. The van der Waals surface area contributed by atoms with E-state index in [0.29, 0.717) is 17.2 Å². The Morgan fingerprint density at radius 3 is 2.70 bits per heavy atom. The van der Waals surface area contributed by atoms with Gasteiger partial charge in [-0.05, 0) is 37.5 Å². The summed E-state index contributed by atoms with van der Waals surface area (Å²) in [7, 11) is 0. The van der Waals surface area contributed by atoms with Gasteiger partial charge in [0.25, 0.3) is 5.91 Å². The topological polar surface area (TPSA) is 61.4 Å². The Hall–Kier alpha value is -1.59. The zero-order chi connectivity index (χ0) is 15.7. The Labute approximate surface area is 143 Å². The van der Waals surface area contributed by atoms with Crippen LogP contribution < -0.4 is 10.6 Å². The molecular formula is C17H24ClN3O2. The van der Waals surface area contributed by atoms with E-state index in [4.69, 9.17) is 0 Å². The molecule has 1 saturated heterocycles. The van der Waals surface area contributed by atoms with E-state index in [9.17, 15) is 9.59 Å². The Kier molecular flexibility index (Phi) is 5.65. The highest BCUT2D eigenvalue weighted by Crippen LogP contribution is 2.38. The molecule has 1 aromatic rings. The van der Waals surface area contributed by atoms with Gasteiger partial charge in [-0.2, -0.15) is 0 Å². The van der Waals surface area contributed by atoms with Crippen LogP contribution >= 0.6 is 12.4 Å². The van der Waals surface area contributed by atoms with Crippen molar-refractivity contribution in [1.29, 1.82) is 0 Å². The molecule has 0 spiro atoms. The lowest BCUT2D eigenvalue weighted by Crippen LogP contribution is -2.52. The summed E-state index contributed by atoms with van der Waals surface area (Å²) < 4.78 is 0. The first-order valence-corrected chi connectivity index (χ1v) is 7.99. The van der Waals surface area contributed by atoms with Crippen molar-refractivity contribution in [2.45, 2.75) is 26.3 Å². The third kappa shape index (κ3) is 4.03. The lowest BCUT2D eigenvalue weighted by atomic mass is 10.1. The molecule has 2 N–H and O–H groups in total. The molecule has 6 heteroatoms. The molecule has 1 saturated carbocycles. The average molecular weight is 338 g/mol. The van der Waals surface area contributed by atoms with Crippen LogP contribution in [0.15, 0.2) is 24.3 Å². The standard InChI is InChI=1S/C17H23N3O2.ClH/c1-11-8-15(11)16(21)19-14-5-3-4-13(9-14)17(22)20-7-6-18-10-12(20)2;/h3-5,9,11-12,15,18H,6-8,10H2,1-2H3,(H,19,21);1H/t11?,12-,15?;/m1./s1. The highest BCUT2D eigenvalue weighted by molar-refractivity contribution is 5.98. The summed E-state index contributed by atoms with van der Waals surface area (Å²) >= 11 is 0. The molecule has 0 radical (unpaired) electrons. The van der Waals surface area contributed by atoms with Gasteiger partial charge in [0.2, 0.25) is 5.91 Å². The number of carbonyl (C=O) groups excluding carboxylic acids is 2. The third-order valence-electron chi connectivity index (χ3n) is 4.59. The van der Waals surface area contributed by atoms with E-state index < -0.39 is 0 Å². The summed E-state index contributed by atoms with van der Waals surface area (Å²) in [5.74, 6) is 0.705. The molecule has 126 valence electrons. The fourth-order valence-electron chi connectivity index (χ4n) is 2.96. The van der Waals surface area contributed by atoms with Gasteiger partial charge in [0.05, 0.1) is 0 Å². The summed E-state index contributed by atoms with van der Waals surface area (Å²) in [4.78, 5) is 26.5. The summed E-state index contributed by atoms with van der Waals surface area (Å²) in [5, 5.41) is 6.20. The second kappa shape index (κ2) is 7.32. The van der Waals surface area contributed by atoms with Crippen molar-refractivity contribution in [3.8, 4) is 0 Å². The first-order valence-electron chi connectivity index (χ1n) is 7.99. The van der Waals surface area contributed by atoms with Crippen LogP contribution in [0.3, 0.4) is 0 Å². The van der Waals surface area contributed by atoms with E-state index in [1.807, 2.05) is 30.0 Å². The summed E-state index contributed by atoms with van der Waals surface area (Å²) in [6.45, 7) is 6.49. The summed E-state index contributed by atoms with van der Waals surface area (Å²) in [5.41, 5.74) is 1.34. The first-order chi connectivity index (χ1) is 10.6. The van der Waals surface area contributed by atoms with Gasteiger partial charge in [-0.3, -0.25) is 9.59 Å². The average Bonchev–Trinajstić information content (AvgIpc) is 3.24. The van der Waals surface area contributed by atoms with Crippen LogP contribution in [-0.4, -0.2) is 42.4 Å². The van der Waals surface area contributed by atoms with Gasteiger partial charge in [-0.25, -0.2) is 0 Å². The van der Waals surface area contributed by atoms with Crippen molar-refractivity contribution >= 4 is 29.9 Å². The number of benzene rings is 1. The van der Waals surface area contributed by atoms with E-state index >= 15 is 0 Å². The number of carbonyl (C=O) groups is 2. The van der Waals surface area contributed by atoms with Gasteiger partial charge in [0.1, 0.15) is 0 Å². The molecule has 5 nitrogen and oxygen atoms in total. The fraction of sp³-hybridized carbons (Fsp3) is 0.529. The van der Waals surface area contributed by atoms with E-state index in [2.05, 4.69) is 17.6 Å². The quantitative estimate of drug-likeness (QED) is 0.888. The lowest BCUT2D eigenvalue weighted by molar-refractivity contribution is -0.117. The summed E-state index contributed by atoms with van der Waals surface area (Å²) in [6.07, 6.45) is 0.961. The van der Waals surface area contributed by atoms with Crippen LogP contribution in [0.1, 0.15) is 30.6 Å². The number of nitrogens with zero attached hydrogens (tertiary/aromatic N) is 1. The molecule has 0 aromatic heterocycles. The van der Waals surface area contributed by atoms with Crippen LogP contribution in [-0.2, 0) is 4.79 Å². The van der Waals surface area contributed by atoms with Crippen LogP contribution in [0, 0.1) is 11.8 Å². The van der Waals surface area contributed by atoms with Crippen molar-refractivity contribution in [1.82, 2.24) is 10.2 Å².